The third-order valence-electron chi connectivity index (χ3n) is 3.19. The summed E-state index contributed by atoms with van der Waals surface area (Å²) in [6.45, 7) is 1.11. The van der Waals surface area contributed by atoms with Crippen LogP contribution in [0, 0.1) is 5.41 Å². The molecule has 0 bridgehead atoms. The summed E-state index contributed by atoms with van der Waals surface area (Å²) in [6, 6.07) is 2.74. The quantitative estimate of drug-likeness (QED) is 0.871. The second-order valence-electron chi connectivity index (χ2n) is 4.28. The van der Waals surface area contributed by atoms with Crippen LogP contribution in [-0.4, -0.2) is 20.6 Å². The summed E-state index contributed by atoms with van der Waals surface area (Å²) in [7, 11) is 4.10. The lowest BCUT2D eigenvalue weighted by molar-refractivity contribution is 0.351. The molecule has 0 aliphatic heterocycles. The largest absolute Gasteiger partial charge is 0.319 e. The molecule has 1 aromatic heterocycles. The predicted molar refractivity (Wildman–Crippen MR) is 69.4 cm³/mol. The second kappa shape index (κ2) is 4.53. The van der Waals surface area contributed by atoms with Crippen molar-refractivity contribution in [3.63, 3.8) is 0 Å². The van der Waals surface area contributed by atoms with E-state index in [0.717, 1.165) is 6.54 Å². The average molecular weight is 289 g/mol. The monoisotopic (exact) mass is 288 g/mol. The Morgan fingerprint density at radius 1 is 1.53 bits per heavy atom. The Hall–Kier alpha value is 0.1000. The van der Waals surface area contributed by atoms with Gasteiger partial charge in [-0.15, -0.1) is 11.3 Å². The van der Waals surface area contributed by atoms with Crippen LogP contribution in [0.1, 0.15) is 23.8 Å². The first-order chi connectivity index (χ1) is 7.22. The molecule has 1 saturated carbocycles. The first kappa shape index (κ1) is 11.6. The van der Waals surface area contributed by atoms with E-state index in [2.05, 4.69) is 45.1 Å². The fraction of sp³-hybridized carbons (Fsp3) is 0.636. The number of nitrogens with one attached hydrogen (secondary N) is 2. The van der Waals surface area contributed by atoms with Gasteiger partial charge in [-0.1, -0.05) is 0 Å². The van der Waals surface area contributed by atoms with Crippen LogP contribution in [-0.2, 0) is 0 Å². The zero-order valence-electron chi connectivity index (χ0n) is 9.14. The van der Waals surface area contributed by atoms with Crippen LogP contribution in [0.3, 0.4) is 0 Å². The summed E-state index contributed by atoms with van der Waals surface area (Å²) in [6.07, 6.45) is 2.66. The maximum atomic E-state index is 3.52. The molecule has 1 unspecified atom stereocenters. The van der Waals surface area contributed by atoms with Crippen molar-refractivity contribution < 1.29 is 0 Å². The molecule has 15 heavy (non-hydrogen) atoms. The minimum Gasteiger partial charge on any atom is -0.319 e. The summed E-state index contributed by atoms with van der Waals surface area (Å²) in [5.74, 6) is 0. The van der Waals surface area contributed by atoms with E-state index in [1.165, 1.54) is 22.2 Å². The van der Waals surface area contributed by atoms with Crippen LogP contribution in [0.25, 0.3) is 0 Å². The van der Waals surface area contributed by atoms with Gasteiger partial charge >= 0.3 is 0 Å². The van der Waals surface area contributed by atoms with Crippen LogP contribution < -0.4 is 10.6 Å². The van der Waals surface area contributed by atoms with Crippen molar-refractivity contribution >= 4 is 27.3 Å². The van der Waals surface area contributed by atoms with E-state index in [4.69, 9.17) is 0 Å². The van der Waals surface area contributed by atoms with Crippen LogP contribution in [0.4, 0.5) is 0 Å². The number of rotatable bonds is 5. The summed E-state index contributed by atoms with van der Waals surface area (Å²) in [5.41, 5.74) is 0.452. The normalized spacial score (nSPS) is 20.2. The van der Waals surface area contributed by atoms with Gasteiger partial charge in [0.2, 0.25) is 0 Å². The lowest BCUT2D eigenvalue weighted by Gasteiger charge is -2.25. The van der Waals surface area contributed by atoms with Crippen molar-refractivity contribution in [2.75, 3.05) is 20.6 Å². The van der Waals surface area contributed by atoms with Crippen LogP contribution in [0.15, 0.2) is 15.9 Å². The zero-order valence-corrected chi connectivity index (χ0v) is 11.5. The SMILES string of the molecule is CNCC1(C(NC)c2cc(Br)cs2)CC1. The van der Waals surface area contributed by atoms with Crippen LogP contribution in [0.5, 0.6) is 0 Å². The molecule has 84 valence electrons. The average Bonchev–Trinajstić information content (AvgIpc) is 2.85. The predicted octanol–water partition coefficient (Wildman–Crippen LogP) is 2.77. The second-order valence-corrected chi connectivity index (χ2v) is 6.14. The highest BCUT2D eigenvalue weighted by Crippen LogP contribution is 2.55. The van der Waals surface area contributed by atoms with Crippen molar-refractivity contribution in [3.8, 4) is 0 Å². The highest BCUT2D eigenvalue weighted by molar-refractivity contribution is 9.10. The van der Waals surface area contributed by atoms with Crippen molar-refractivity contribution in [2.45, 2.75) is 18.9 Å². The molecule has 0 spiro atoms. The van der Waals surface area contributed by atoms with E-state index >= 15 is 0 Å². The summed E-state index contributed by atoms with van der Waals surface area (Å²) >= 11 is 5.36. The Bertz CT molecular complexity index is 333. The number of hydrogen-bond donors (Lipinski definition) is 2. The molecule has 1 aliphatic carbocycles. The highest BCUT2D eigenvalue weighted by Gasteiger charge is 2.49. The Balaban J connectivity index is 2.17. The fourth-order valence-corrected chi connectivity index (χ4v) is 4.00. The molecule has 0 radical (unpaired) electrons. The Labute approximate surface area is 104 Å². The third-order valence-corrected chi connectivity index (χ3v) is 4.95. The molecule has 2 nitrogen and oxygen atoms in total. The Morgan fingerprint density at radius 3 is 2.67 bits per heavy atom. The van der Waals surface area contributed by atoms with Crippen molar-refractivity contribution in [3.05, 3.63) is 20.8 Å². The summed E-state index contributed by atoms with van der Waals surface area (Å²) in [4.78, 5) is 1.44. The molecule has 1 heterocycles. The molecule has 1 aliphatic rings. The van der Waals surface area contributed by atoms with Crippen LogP contribution in [0.2, 0.25) is 0 Å². The molecule has 2 rings (SSSR count). The lowest BCUT2D eigenvalue weighted by Crippen LogP contribution is -2.33. The van der Waals surface area contributed by atoms with Gasteiger partial charge in [-0.25, -0.2) is 0 Å². The first-order valence-corrected chi connectivity index (χ1v) is 6.95. The third kappa shape index (κ3) is 2.28. The fourth-order valence-electron chi connectivity index (χ4n) is 2.31. The molecular formula is C11H17BrN2S. The van der Waals surface area contributed by atoms with E-state index < -0.39 is 0 Å². The zero-order chi connectivity index (χ0) is 10.9. The first-order valence-electron chi connectivity index (χ1n) is 5.28. The standard InChI is InChI=1S/C11H17BrN2S/c1-13-7-11(3-4-11)10(14-2)9-5-8(12)6-15-9/h5-6,10,13-14H,3-4,7H2,1-2H3. The smallest absolute Gasteiger partial charge is 0.0482 e. The lowest BCUT2D eigenvalue weighted by atomic mass is 9.95. The number of halogens is 1. The molecule has 0 aromatic carbocycles. The molecule has 1 fully saturated rings. The van der Waals surface area contributed by atoms with Gasteiger partial charge in [0.1, 0.15) is 0 Å². The van der Waals surface area contributed by atoms with Gasteiger partial charge in [-0.05, 0) is 48.9 Å². The van der Waals surface area contributed by atoms with Gasteiger partial charge in [0.05, 0.1) is 0 Å². The van der Waals surface area contributed by atoms with E-state index in [0.29, 0.717) is 11.5 Å². The Morgan fingerprint density at radius 2 is 2.27 bits per heavy atom. The van der Waals surface area contributed by atoms with E-state index in [1.54, 1.807) is 0 Å². The van der Waals surface area contributed by atoms with Crippen molar-refractivity contribution in [1.82, 2.24) is 10.6 Å². The molecule has 1 aromatic rings. The topological polar surface area (TPSA) is 24.1 Å². The molecule has 4 heteroatoms. The van der Waals surface area contributed by atoms with Gasteiger partial charge in [-0.2, -0.15) is 0 Å². The Kier molecular flexibility index (Phi) is 3.50. The van der Waals surface area contributed by atoms with Gasteiger partial charge in [0.15, 0.2) is 0 Å². The van der Waals surface area contributed by atoms with Crippen molar-refractivity contribution in [1.29, 1.82) is 0 Å². The summed E-state index contributed by atoms with van der Waals surface area (Å²) < 4.78 is 1.20. The van der Waals surface area contributed by atoms with Gasteiger partial charge in [-0.3, -0.25) is 0 Å². The number of hydrogen-bond acceptors (Lipinski definition) is 3. The van der Waals surface area contributed by atoms with Crippen molar-refractivity contribution in [2.24, 2.45) is 5.41 Å². The highest BCUT2D eigenvalue weighted by atomic mass is 79.9. The molecule has 0 saturated heterocycles. The molecule has 0 amide bonds. The van der Waals surface area contributed by atoms with E-state index in [9.17, 15) is 0 Å². The van der Waals surface area contributed by atoms with E-state index in [-0.39, 0.29) is 0 Å². The molecule has 1 atom stereocenters. The van der Waals surface area contributed by atoms with E-state index in [1.807, 2.05) is 18.4 Å². The van der Waals surface area contributed by atoms with Crippen LogP contribution >= 0.6 is 27.3 Å². The molecular weight excluding hydrogens is 272 g/mol. The summed E-state index contributed by atoms with van der Waals surface area (Å²) in [5, 5.41) is 8.95. The maximum Gasteiger partial charge on any atom is 0.0482 e. The van der Waals surface area contributed by atoms with Gasteiger partial charge in [0.25, 0.3) is 0 Å². The minimum absolute atomic E-state index is 0.452. The number of thiophene rings is 1. The van der Waals surface area contributed by atoms with Gasteiger partial charge in [0, 0.05) is 32.7 Å². The van der Waals surface area contributed by atoms with Gasteiger partial charge < -0.3 is 10.6 Å². The maximum absolute atomic E-state index is 3.52. The molecule has 2 N–H and O–H groups in total. The minimum atomic E-state index is 0.452.